The Morgan fingerprint density at radius 1 is 1.00 bits per heavy atom. The van der Waals surface area contributed by atoms with Crippen LogP contribution >= 0.6 is 11.3 Å². The van der Waals surface area contributed by atoms with E-state index in [9.17, 15) is 14.7 Å². The van der Waals surface area contributed by atoms with E-state index < -0.39 is 5.97 Å². The molecule has 0 spiro atoms. The van der Waals surface area contributed by atoms with Crippen LogP contribution in [0, 0.1) is 5.92 Å². The molecule has 3 aromatic carbocycles. The first-order valence-corrected chi connectivity index (χ1v) is 14.8. The lowest BCUT2D eigenvalue weighted by molar-refractivity contribution is 0.0626. The standard InChI is InChI=1S/C34H32N2O4S/c1-22(26-13-7-11-23-10-5-6-12-27(23)26)35-20-25-16-18-36(21-29(25)24-8-3-2-4-9-24)33(37)31-15-14-30(40-31)28-17-19-41-32(28)34(38)39/h2-15,17,19,22,25,29,35H,16,18,20-21H2,1H3,(H,38,39)/t22-,25?,29?/m1/s1. The van der Waals surface area contributed by atoms with Gasteiger partial charge < -0.3 is 19.7 Å². The number of rotatable bonds is 8. The second-order valence-electron chi connectivity index (χ2n) is 10.6. The Morgan fingerprint density at radius 2 is 1.78 bits per heavy atom. The van der Waals surface area contributed by atoms with Crippen LogP contribution in [0.5, 0.6) is 0 Å². The number of hydrogen-bond donors (Lipinski definition) is 2. The van der Waals surface area contributed by atoms with Gasteiger partial charge in [0.2, 0.25) is 0 Å². The van der Waals surface area contributed by atoms with Crippen molar-refractivity contribution in [2.45, 2.75) is 25.3 Å². The Kier molecular flexibility index (Phi) is 7.72. The molecular weight excluding hydrogens is 532 g/mol. The topological polar surface area (TPSA) is 82.8 Å². The largest absolute Gasteiger partial charge is 0.477 e. The van der Waals surface area contributed by atoms with E-state index in [1.807, 2.05) is 11.0 Å². The fraction of sp³-hybridized carbons (Fsp3) is 0.235. The first kappa shape index (κ1) is 27.0. The third-order valence-corrected chi connectivity index (χ3v) is 9.09. The van der Waals surface area contributed by atoms with Gasteiger partial charge in [-0.25, -0.2) is 4.79 Å². The Labute approximate surface area is 243 Å². The van der Waals surface area contributed by atoms with Gasteiger partial charge in [0, 0.05) is 30.6 Å². The molecule has 0 saturated carbocycles. The van der Waals surface area contributed by atoms with E-state index in [0.29, 0.717) is 30.3 Å². The number of carboxylic acids is 1. The third kappa shape index (κ3) is 5.56. The number of benzene rings is 3. The maximum absolute atomic E-state index is 13.6. The molecule has 1 amide bonds. The molecule has 1 fully saturated rings. The molecule has 0 radical (unpaired) electrons. The molecule has 2 aromatic heterocycles. The van der Waals surface area contributed by atoms with Crippen LogP contribution in [0.2, 0.25) is 0 Å². The lowest BCUT2D eigenvalue weighted by atomic mass is 9.80. The minimum atomic E-state index is -1.00. The van der Waals surface area contributed by atoms with E-state index in [-0.39, 0.29) is 28.5 Å². The molecular formula is C34H32N2O4S. The van der Waals surface area contributed by atoms with Gasteiger partial charge >= 0.3 is 5.97 Å². The Balaban J connectivity index is 1.18. The number of carboxylic acid groups (broad SMARTS) is 1. The summed E-state index contributed by atoms with van der Waals surface area (Å²) in [5.74, 6) is -0.0140. The second-order valence-corrected chi connectivity index (χ2v) is 11.6. The Morgan fingerprint density at radius 3 is 2.61 bits per heavy atom. The maximum atomic E-state index is 13.6. The predicted molar refractivity (Wildman–Crippen MR) is 163 cm³/mol. The summed E-state index contributed by atoms with van der Waals surface area (Å²) in [6.45, 7) is 4.28. The summed E-state index contributed by atoms with van der Waals surface area (Å²) in [5, 5.41) is 17.5. The minimum Gasteiger partial charge on any atom is -0.477 e. The first-order valence-electron chi connectivity index (χ1n) is 14.0. The molecule has 1 aliphatic rings. The molecule has 3 heterocycles. The van der Waals surface area contributed by atoms with Gasteiger partial charge in [-0.2, -0.15) is 0 Å². The van der Waals surface area contributed by atoms with E-state index in [0.717, 1.165) is 24.3 Å². The van der Waals surface area contributed by atoms with E-state index in [1.54, 1.807) is 23.6 Å². The van der Waals surface area contributed by atoms with Crippen LogP contribution < -0.4 is 5.32 Å². The molecule has 2 unspecified atom stereocenters. The summed E-state index contributed by atoms with van der Waals surface area (Å²) in [6.07, 6.45) is 0.863. The van der Waals surface area contributed by atoms with E-state index in [2.05, 4.69) is 79.0 Å². The molecule has 0 aliphatic carbocycles. The molecule has 6 rings (SSSR count). The summed E-state index contributed by atoms with van der Waals surface area (Å²) >= 11 is 1.14. The normalized spacial score (nSPS) is 17.9. The van der Waals surface area contributed by atoms with Crippen LogP contribution in [-0.2, 0) is 0 Å². The molecule has 3 atom stereocenters. The van der Waals surface area contributed by atoms with Crippen molar-refractivity contribution in [1.82, 2.24) is 10.2 Å². The number of aromatic carboxylic acids is 1. The number of hydrogen-bond acceptors (Lipinski definition) is 5. The van der Waals surface area contributed by atoms with Crippen LogP contribution in [0.15, 0.2) is 101 Å². The molecule has 1 saturated heterocycles. The highest BCUT2D eigenvalue weighted by Gasteiger charge is 2.34. The lowest BCUT2D eigenvalue weighted by Gasteiger charge is -2.39. The van der Waals surface area contributed by atoms with Crippen molar-refractivity contribution in [1.29, 1.82) is 0 Å². The van der Waals surface area contributed by atoms with Crippen molar-refractivity contribution in [3.63, 3.8) is 0 Å². The van der Waals surface area contributed by atoms with Gasteiger partial charge in [0.15, 0.2) is 5.76 Å². The molecule has 5 aromatic rings. The maximum Gasteiger partial charge on any atom is 0.346 e. The number of thiophene rings is 1. The lowest BCUT2D eigenvalue weighted by Crippen LogP contribution is -2.45. The highest BCUT2D eigenvalue weighted by atomic mass is 32.1. The molecule has 0 bridgehead atoms. The average molecular weight is 565 g/mol. The van der Waals surface area contributed by atoms with Gasteiger partial charge in [0.05, 0.1) is 0 Å². The van der Waals surface area contributed by atoms with Crippen molar-refractivity contribution >= 4 is 34.0 Å². The van der Waals surface area contributed by atoms with E-state index in [4.69, 9.17) is 4.42 Å². The van der Waals surface area contributed by atoms with Crippen LogP contribution in [0.1, 0.15) is 56.7 Å². The summed E-state index contributed by atoms with van der Waals surface area (Å²) in [5.41, 5.74) is 3.00. The molecule has 6 nitrogen and oxygen atoms in total. The first-order chi connectivity index (χ1) is 20.0. The molecule has 2 N–H and O–H groups in total. The van der Waals surface area contributed by atoms with Crippen molar-refractivity contribution in [2.24, 2.45) is 5.92 Å². The quantitative estimate of drug-likeness (QED) is 0.204. The molecule has 208 valence electrons. The van der Waals surface area contributed by atoms with Crippen LogP contribution in [0.4, 0.5) is 0 Å². The smallest absolute Gasteiger partial charge is 0.346 e. The molecule has 7 heteroatoms. The highest BCUT2D eigenvalue weighted by Crippen LogP contribution is 2.35. The fourth-order valence-electron chi connectivity index (χ4n) is 6.00. The van der Waals surface area contributed by atoms with Crippen LogP contribution in [-0.4, -0.2) is 41.5 Å². The Bertz CT molecular complexity index is 1670. The third-order valence-electron chi connectivity index (χ3n) is 8.19. The predicted octanol–water partition coefficient (Wildman–Crippen LogP) is 7.46. The summed E-state index contributed by atoms with van der Waals surface area (Å²) in [7, 11) is 0. The van der Waals surface area contributed by atoms with Crippen molar-refractivity contribution in [3.8, 4) is 11.3 Å². The number of likely N-dealkylation sites (tertiary alicyclic amines) is 1. The highest BCUT2D eigenvalue weighted by molar-refractivity contribution is 7.12. The number of furan rings is 1. The fourth-order valence-corrected chi connectivity index (χ4v) is 6.73. The molecule has 1 aliphatic heterocycles. The summed E-state index contributed by atoms with van der Waals surface area (Å²) in [4.78, 5) is 27.2. The van der Waals surface area contributed by atoms with Gasteiger partial charge in [0.25, 0.3) is 5.91 Å². The zero-order valence-electron chi connectivity index (χ0n) is 22.8. The summed E-state index contributed by atoms with van der Waals surface area (Å²) in [6, 6.07) is 30.6. The number of carbonyl (C=O) groups excluding carboxylic acids is 1. The second kappa shape index (κ2) is 11.7. The van der Waals surface area contributed by atoms with Crippen molar-refractivity contribution < 1.29 is 19.1 Å². The summed E-state index contributed by atoms with van der Waals surface area (Å²) < 4.78 is 5.90. The number of piperidine rings is 1. The monoisotopic (exact) mass is 564 g/mol. The van der Waals surface area contributed by atoms with Gasteiger partial charge in [-0.15, -0.1) is 11.3 Å². The van der Waals surface area contributed by atoms with Crippen molar-refractivity contribution in [2.75, 3.05) is 19.6 Å². The number of fused-ring (bicyclic) bond motifs is 1. The van der Waals surface area contributed by atoms with E-state index in [1.165, 1.54) is 21.9 Å². The molecule has 41 heavy (non-hydrogen) atoms. The average Bonchev–Trinajstić information content (AvgIpc) is 3.70. The van der Waals surface area contributed by atoms with Crippen molar-refractivity contribution in [3.05, 3.63) is 118 Å². The van der Waals surface area contributed by atoms with Gasteiger partial charge in [0.1, 0.15) is 10.6 Å². The van der Waals surface area contributed by atoms with Gasteiger partial charge in [-0.1, -0.05) is 72.8 Å². The number of nitrogens with one attached hydrogen (secondary N) is 1. The number of carbonyl (C=O) groups is 2. The number of amides is 1. The van der Waals surface area contributed by atoms with Gasteiger partial charge in [-0.05, 0) is 71.3 Å². The van der Waals surface area contributed by atoms with Gasteiger partial charge in [-0.3, -0.25) is 4.79 Å². The van der Waals surface area contributed by atoms with E-state index >= 15 is 0 Å². The van der Waals surface area contributed by atoms with Crippen LogP contribution in [0.3, 0.4) is 0 Å². The minimum absolute atomic E-state index is 0.167. The van der Waals surface area contributed by atoms with Crippen LogP contribution in [0.25, 0.3) is 22.1 Å². The number of nitrogens with zero attached hydrogens (tertiary/aromatic N) is 1. The Hall–Kier alpha value is -4.20. The zero-order chi connectivity index (χ0) is 28.3. The zero-order valence-corrected chi connectivity index (χ0v) is 23.6. The SMILES string of the molecule is C[C@@H](NCC1CCN(C(=O)c2ccc(-c3ccsc3C(=O)O)o2)CC1c1ccccc1)c1cccc2ccccc12.